The Kier molecular flexibility index (Phi) is 3.93. The van der Waals surface area contributed by atoms with Gasteiger partial charge in [-0.25, -0.2) is 9.18 Å². The van der Waals surface area contributed by atoms with E-state index in [1.165, 1.54) is 29.2 Å². The average Bonchev–Trinajstić information content (AvgIpc) is 2.63. The smallest absolute Gasteiger partial charge is 0.324 e. The number of carbonyl (C=O) groups excluding carboxylic acids is 3. The van der Waals surface area contributed by atoms with Crippen LogP contribution in [-0.2, 0) is 9.59 Å². The van der Waals surface area contributed by atoms with Gasteiger partial charge in [0, 0.05) is 5.69 Å². The minimum absolute atomic E-state index is 0.279. The molecule has 1 aliphatic rings. The van der Waals surface area contributed by atoms with Crippen LogP contribution in [0.3, 0.4) is 0 Å². The molecule has 0 radical (unpaired) electrons. The molecule has 2 rings (SSSR count). The Morgan fingerprint density at radius 3 is 2.76 bits per heavy atom. The van der Waals surface area contributed by atoms with Crippen LogP contribution >= 0.6 is 0 Å². The molecule has 7 heteroatoms. The van der Waals surface area contributed by atoms with Gasteiger partial charge in [0.25, 0.3) is 5.91 Å². The molecule has 21 heavy (non-hydrogen) atoms. The van der Waals surface area contributed by atoms with Crippen LogP contribution in [0, 0.1) is 5.82 Å². The van der Waals surface area contributed by atoms with Crippen molar-refractivity contribution in [1.82, 2.24) is 10.2 Å². The normalized spacial score (nSPS) is 21.4. The van der Waals surface area contributed by atoms with Crippen molar-refractivity contribution < 1.29 is 18.8 Å². The molecule has 1 saturated heterocycles. The van der Waals surface area contributed by atoms with Crippen LogP contribution in [0.15, 0.2) is 24.3 Å². The molecule has 112 valence electrons. The molecular weight excluding hydrogens is 277 g/mol. The Morgan fingerprint density at radius 2 is 2.14 bits per heavy atom. The van der Waals surface area contributed by atoms with Crippen LogP contribution in [0.25, 0.3) is 0 Å². The van der Waals surface area contributed by atoms with Gasteiger partial charge < -0.3 is 10.2 Å². The zero-order valence-corrected chi connectivity index (χ0v) is 11.8. The number of carbonyl (C=O) groups is 3. The molecule has 0 aromatic heterocycles. The van der Waals surface area contributed by atoms with Gasteiger partial charge in [0.15, 0.2) is 0 Å². The fraction of sp³-hybridized carbons (Fsp3) is 0.357. The molecule has 1 atom stereocenters. The van der Waals surface area contributed by atoms with Gasteiger partial charge in [-0.15, -0.1) is 0 Å². The summed E-state index contributed by atoms with van der Waals surface area (Å²) in [5, 5.41) is 4.69. The highest BCUT2D eigenvalue weighted by Gasteiger charge is 2.48. The maximum Gasteiger partial charge on any atom is 0.325 e. The van der Waals surface area contributed by atoms with E-state index in [4.69, 9.17) is 0 Å². The van der Waals surface area contributed by atoms with E-state index in [2.05, 4.69) is 10.6 Å². The molecule has 1 aliphatic heterocycles. The number of imide groups is 1. The summed E-state index contributed by atoms with van der Waals surface area (Å²) in [6, 6.07) is 4.84. The molecule has 6 nitrogen and oxygen atoms in total. The Labute approximate surface area is 121 Å². The number of anilines is 1. The van der Waals surface area contributed by atoms with Crippen molar-refractivity contribution in [1.29, 1.82) is 0 Å². The highest BCUT2D eigenvalue weighted by Crippen LogP contribution is 2.24. The van der Waals surface area contributed by atoms with Crippen LogP contribution < -0.4 is 10.6 Å². The van der Waals surface area contributed by atoms with E-state index in [-0.39, 0.29) is 6.54 Å². The Hall–Kier alpha value is -2.44. The molecule has 4 amide bonds. The SMILES string of the molecule is CCC1(C)C(=O)NC(=O)N1CC(=O)Nc1cccc(F)c1. The highest BCUT2D eigenvalue weighted by atomic mass is 19.1. The quantitative estimate of drug-likeness (QED) is 0.825. The molecule has 2 N–H and O–H groups in total. The van der Waals surface area contributed by atoms with Crippen molar-refractivity contribution in [3.63, 3.8) is 0 Å². The maximum atomic E-state index is 13.0. The molecule has 0 saturated carbocycles. The molecule has 0 spiro atoms. The first-order valence-electron chi connectivity index (χ1n) is 6.55. The summed E-state index contributed by atoms with van der Waals surface area (Å²) in [7, 11) is 0. The molecule has 1 aromatic rings. The Morgan fingerprint density at radius 1 is 1.43 bits per heavy atom. The van der Waals surface area contributed by atoms with Gasteiger partial charge in [-0.3, -0.25) is 14.9 Å². The van der Waals surface area contributed by atoms with Crippen molar-refractivity contribution in [2.75, 3.05) is 11.9 Å². The third kappa shape index (κ3) is 2.86. The number of halogens is 1. The zero-order chi connectivity index (χ0) is 15.6. The lowest BCUT2D eigenvalue weighted by Gasteiger charge is -2.30. The highest BCUT2D eigenvalue weighted by molar-refractivity contribution is 6.08. The second-order valence-corrected chi connectivity index (χ2v) is 5.03. The lowest BCUT2D eigenvalue weighted by molar-refractivity contribution is -0.127. The minimum Gasteiger partial charge on any atom is -0.324 e. The zero-order valence-electron chi connectivity index (χ0n) is 11.8. The first-order valence-corrected chi connectivity index (χ1v) is 6.55. The van der Waals surface area contributed by atoms with Gasteiger partial charge in [-0.2, -0.15) is 0 Å². The second-order valence-electron chi connectivity index (χ2n) is 5.03. The van der Waals surface area contributed by atoms with Crippen LogP contribution in [0.2, 0.25) is 0 Å². The lowest BCUT2D eigenvalue weighted by atomic mass is 9.97. The fourth-order valence-electron chi connectivity index (χ4n) is 2.15. The molecule has 0 bridgehead atoms. The van der Waals surface area contributed by atoms with Crippen LogP contribution in [0.1, 0.15) is 20.3 Å². The molecular formula is C14H16FN3O3. The van der Waals surface area contributed by atoms with Gasteiger partial charge in [0.05, 0.1) is 0 Å². The van der Waals surface area contributed by atoms with E-state index in [1.54, 1.807) is 13.8 Å². The summed E-state index contributed by atoms with van der Waals surface area (Å²) >= 11 is 0. The summed E-state index contributed by atoms with van der Waals surface area (Å²) in [5.41, 5.74) is -0.750. The van der Waals surface area contributed by atoms with Crippen molar-refractivity contribution in [2.45, 2.75) is 25.8 Å². The molecule has 0 aliphatic carbocycles. The standard InChI is InChI=1S/C14H16FN3O3/c1-3-14(2)12(20)17-13(21)18(14)8-11(19)16-10-6-4-5-9(15)7-10/h4-7H,3,8H2,1-2H3,(H,16,19)(H,17,20,21). The first-order chi connectivity index (χ1) is 9.86. The molecule has 1 unspecified atom stereocenters. The summed E-state index contributed by atoms with van der Waals surface area (Å²) in [5.74, 6) is -1.39. The number of nitrogens with one attached hydrogen (secondary N) is 2. The van der Waals surface area contributed by atoms with E-state index in [0.717, 1.165) is 0 Å². The number of nitrogens with zero attached hydrogens (tertiary/aromatic N) is 1. The van der Waals surface area contributed by atoms with Gasteiger partial charge in [-0.1, -0.05) is 13.0 Å². The van der Waals surface area contributed by atoms with Gasteiger partial charge in [-0.05, 0) is 31.5 Å². The number of amides is 4. The van der Waals surface area contributed by atoms with E-state index >= 15 is 0 Å². The maximum absolute atomic E-state index is 13.0. The Balaban J connectivity index is 2.08. The second kappa shape index (κ2) is 5.51. The summed E-state index contributed by atoms with van der Waals surface area (Å²) < 4.78 is 13.0. The van der Waals surface area contributed by atoms with E-state index in [1.807, 2.05) is 0 Å². The van der Waals surface area contributed by atoms with Crippen molar-refractivity contribution in [3.05, 3.63) is 30.1 Å². The largest absolute Gasteiger partial charge is 0.325 e. The number of hydrogen-bond acceptors (Lipinski definition) is 3. The Bertz CT molecular complexity index is 605. The van der Waals surface area contributed by atoms with Gasteiger partial charge in [0.2, 0.25) is 5.91 Å². The monoisotopic (exact) mass is 293 g/mol. The summed E-state index contributed by atoms with van der Waals surface area (Å²) in [6.07, 6.45) is 0.387. The van der Waals surface area contributed by atoms with Crippen molar-refractivity contribution in [2.24, 2.45) is 0 Å². The van der Waals surface area contributed by atoms with Gasteiger partial charge in [0.1, 0.15) is 17.9 Å². The predicted octanol–water partition coefficient (Wildman–Crippen LogP) is 1.48. The van der Waals surface area contributed by atoms with Crippen LogP contribution in [0.4, 0.5) is 14.9 Å². The molecule has 1 heterocycles. The number of benzene rings is 1. The number of rotatable bonds is 4. The third-order valence-electron chi connectivity index (χ3n) is 3.65. The topological polar surface area (TPSA) is 78.5 Å². The third-order valence-corrected chi connectivity index (χ3v) is 3.65. The van der Waals surface area contributed by atoms with E-state index < -0.39 is 29.2 Å². The van der Waals surface area contributed by atoms with Crippen LogP contribution in [0.5, 0.6) is 0 Å². The average molecular weight is 293 g/mol. The van der Waals surface area contributed by atoms with Crippen molar-refractivity contribution in [3.8, 4) is 0 Å². The summed E-state index contributed by atoms with van der Waals surface area (Å²) in [4.78, 5) is 36.7. The predicted molar refractivity (Wildman–Crippen MR) is 74.0 cm³/mol. The number of urea groups is 1. The van der Waals surface area contributed by atoms with Crippen molar-refractivity contribution >= 4 is 23.5 Å². The van der Waals surface area contributed by atoms with E-state index in [9.17, 15) is 18.8 Å². The number of hydrogen-bond donors (Lipinski definition) is 2. The first kappa shape index (κ1) is 15.0. The molecule has 1 aromatic carbocycles. The summed E-state index contributed by atoms with van der Waals surface area (Å²) in [6.45, 7) is 3.08. The fourth-order valence-corrected chi connectivity index (χ4v) is 2.15. The molecule has 1 fully saturated rings. The minimum atomic E-state index is -1.05. The van der Waals surface area contributed by atoms with Crippen LogP contribution in [-0.4, -0.2) is 34.8 Å². The van der Waals surface area contributed by atoms with Gasteiger partial charge >= 0.3 is 6.03 Å². The van der Waals surface area contributed by atoms with E-state index in [0.29, 0.717) is 12.1 Å². The lowest BCUT2D eigenvalue weighted by Crippen LogP contribution is -2.49.